The van der Waals surface area contributed by atoms with Crippen LogP contribution >= 0.6 is 0 Å². The van der Waals surface area contributed by atoms with Crippen LogP contribution in [0.4, 0.5) is 0 Å². The van der Waals surface area contributed by atoms with Crippen LogP contribution in [0.5, 0.6) is 0 Å². The molecule has 2 aliphatic heterocycles. The minimum atomic E-state index is -1.25. The van der Waals surface area contributed by atoms with Crippen LogP contribution in [0, 0.1) is 31.6 Å². The molecule has 3 aromatic heterocycles. The van der Waals surface area contributed by atoms with Crippen LogP contribution < -0.4 is 9.97 Å². The van der Waals surface area contributed by atoms with Crippen molar-refractivity contribution < 1.29 is 48.1 Å². The van der Waals surface area contributed by atoms with Gasteiger partial charge >= 0.3 is 31.4 Å². The Morgan fingerprint density at radius 2 is 1.36 bits per heavy atom. The Balaban J connectivity index is 0.00000817. The van der Waals surface area contributed by atoms with Crippen LogP contribution in [-0.2, 0) is 38.5 Å². The zero-order chi connectivity index (χ0) is 47.3. The van der Waals surface area contributed by atoms with Crippen LogP contribution in [0.1, 0.15) is 229 Å². The number of ether oxygens (including phenoxy) is 2. The molecule has 0 radical (unpaired) electrons. The van der Waals surface area contributed by atoms with E-state index in [1.54, 1.807) is 6.92 Å². The predicted molar refractivity (Wildman–Crippen MR) is 259 cm³/mol. The summed E-state index contributed by atoms with van der Waals surface area (Å²) in [5, 5.41) is 0. The van der Waals surface area contributed by atoms with Gasteiger partial charge in [-0.05, 0) is 82.8 Å². The molecular weight excluding hydrogens is 878 g/mol. The van der Waals surface area contributed by atoms with E-state index in [2.05, 4.69) is 48.5 Å². The van der Waals surface area contributed by atoms with E-state index in [1.165, 1.54) is 57.6 Å². The second-order valence-corrected chi connectivity index (χ2v) is 20.2. The van der Waals surface area contributed by atoms with E-state index in [1.807, 2.05) is 45.0 Å². The van der Waals surface area contributed by atoms with Gasteiger partial charge in [0.05, 0.1) is 7.11 Å². The molecule has 1 aliphatic carbocycles. The molecular formula is C55H74N4O6Zn. The Morgan fingerprint density at radius 3 is 2.00 bits per heavy atom. The Hall–Kier alpha value is -4.24. The number of fused-ring (bicyclic) bond motifs is 8. The third-order valence-corrected chi connectivity index (χ3v) is 14.8. The monoisotopic (exact) mass is 950 g/mol. The fraction of sp³-hybridized carbons (Fsp3) is 0.600. The van der Waals surface area contributed by atoms with Crippen molar-refractivity contribution in [2.75, 3.05) is 13.7 Å². The molecule has 11 heteroatoms. The number of esters is 2. The van der Waals surface area contributed by atoms with Crippen molar-refractivity contribution in [3.8, 4) is 0 Å². The van der Waals surface area contributed by atoms with E-state index >= 15 is 0 Å². The Labute approximate surface area is 406 Å². The normalized spacial score (nSPS) is 20.0. The van der Waals surface area contributed by atoms with Crippen molar-refractivity contribution in [2.24, 2.45) is 17.8 Å². The average Bonchev–Trinajstić information content (AvgIpc) is 4.00. The van der Waals surface area contributed by atoms with Crippen LogP contribution in [-0.4, -0.2) is 47.2 Å². The molecule has 10 nitrogen and oxygen atoms in total. The summed E-state index contributed by atoms with van der Waals surface area (Å²) in [5.41, 5.74) is 9.10. The molecule has 0 aromatic carbocycles. The third-order valence-electron chi connectivity index (χ3n) is 14.8. The smallest absolute Gasteiger partial charge is 0.657 e. The largest absolute Gasteiger partial charge is 2.00 e. The van der Waals surface area contributed by atoms with Crippen LogP contribution in [0.25, 0.3) is 22.1 Å². The van der Waals surface area contributed by atoms with E-state index in [-0.39, 0.29) is 73.7 Å². The summed E-state index contributed by atoms with van der Waals surface area (Å²) >= 11 is 0. The maximum atomic E-state index is 14.4. The van der Waals surface area contributed by atoms with Crippen LogP contribution in [0.2, 0.25) is 0 Å². The number of Topliss-reactive ketones (excluding diaryl/α,β-unsaturated/α-hetero) is 2. The van der Waals surface area contributed by atoms with Crippen molar-refractivity contribution in [3.05, 3.63) is 80.4 Å². The number of hydrogen-bond donors (Lipinski definition) is 0. The van der Waals surface area contributed by atoms with E-state index in [4.69, 9.17) is 29.4 Å². The molecule has 0 saturated carbocycles. The summed E-state index contributed by atoms with van der Waals surface area (Å²) in [7, 11) is 1.28. The topological polar surface area (TPSA) is 141 Å². The average molecular weight is 953 g/mol. The van der Waals surface area contributed by atoms with Gasteiger partial charge in [-0.15, -0.1) is 22.1 Å². The Morgan fingerprint density at radius 1 is 0.773 bits per heavy atom. The zero-order valence-electron chi connectivity index (χ0n) is 42.1. The van der Waals surface area contributed by atoms with Gasteiger partial charge in [0, 0.05) is 64.0 Å². The van der Waals surface area contributed by atoms with Crippen LogP contribution in [0.15, 0.2) is 29.8 Å². The molecule has 66 heavy (non-hydrogen) atoms. The fourth-order valence-corrected chi connectivity index (χ4v) is 10.6. The number of carbonyl (C=O) groups excluding carboxylic acids is 4. The number of carbonyl (C=O) groups is 4. The second kappa shape index (κ2) is 23.2. The third kappa shape index (κ3) is 11.7. The molecule has 352 valence electrons. The fourth-order valence-electron chi connectivity index (χ4n) is 10.6. The first kappa shape index (κ1) is 52.7. The molecule has 7 atom stereocenters. The molecule has 0 N–H and O–H groups in total. The van der Waals surface area contributed by atoms with Crippen molar-refractivity contribution in [3.63, 3.8) is 0 Å². The van der Waals surface area contributed by atoms with Gasteiger partial charge < -0.3 is 19.4 Å². The first-order valence-electron chi connectivity index (χ1n) is 24.6. The van der Waals surface area contributed by atoms with Gasteiger partial charge in [0.15, 0.2) is 11.6 Å². The molecule has 0 amide bonds. The molecule has 0 unspecified atom stereocenters. The van der Waals surface area contributed by atoms with E-state index in [9.17, 15) is 19.2 Å². The minimum Gasteiger partial charge on any atom is -0.657 e. The van der Waals surface area contributed by atoms with Gasteiger partial charge in [0.1, 0.15) is 12.5 Å². The second-order valence-electron chi connectivity index (χ2n) is 20.2. The molecule has 0 fully saturated rings. The molecule has 0 spiro atoms. The summed E-state index contributed by atoms with van der Waals surface area (Å²) in [5.74, 6) is -0.869. The summed E-state index contributed by atoms with van der Waals surface area (Å²) in [6.07, 6.45) is 14.5. The minimum absolute atomic E-state index is 0. The molecule has 6 rings (SSSR count). The SMILES string of the molecule is CC[C@H]1c2cc3[n-]c4c(c3C)C(=O)[C@H](C(=O)OC)c4c3nc(cc4[n-]c(cc(n2)[C@@H]1C)c(C(C)=O)c4C)[C@@H](C)[C@@H]3CCC(=O)OC/C=C(\C)CCC[C@H](C)CCC[C@H](C)CCCC(C)C.[Zn+2]. The first-order chi connectivity index (χ1) is 30.9. The molecule has 5 heterocycles. The van der Waals surface area contributed by atoms with Gasteiger partial charge in [-0.2, -0.15) is 0 Å². The molecule has 8 bridgehead atoms. The van der Waals surface area contributed by atoms with Gasteiger partial charge in [-0.1, -0.05) is 128 Å². The van der Waals surface area contributed by atoms with Crippen LogP contribution in [0.3, 0.4) is 0 Å². The van der Waals surface area contributed by atoms with Gasteiger partial charge in [-0.3, -0.25) is 29.1 Å². The number of hydrogen-bond acceptors (Lipinski definition) is 8. The van der Waals surface area contributed by atoms with Crippen molar-refractivity contribution in [2.45, 2.75) is 183 Å². The van der Waals surface area contributed by atoms with E-state index in [0.717, 1.165) is 48.0 Å². The summed E-state index contributed by atoms with van der Waals surface area (Å²) < 4.78 is 11.0. The Bertz CT molecular complexity index is 2460. The van der Waals surface area contributed by atoms with Crippen molar-refractivity contribution >= 4 is 45.6 Å². The number of aryl methyl sites for hydroxylation is 2. The molecule has 3 aromatic rings. The van der Waals surface area contributed by atoms with E-state index < -0.39 is 11.9 Å². The number of allylic oxidation sites excluding steroid dienone is 1. The Kier molecular flexibility index (Phi) is 18.5. The summed E-state index contributed by atoms with van der Waals surface area (Å²) in [6.45, 7) is 23.3. The predicted octanol–water partition coefficient (Wildman–Crippen LogP) is 12.7. The quantitative estimate of drug-likeness (QED) is 0.0353. The maximum Gasteiger partial charge on any atom is 2.00 e. The standard InChI is InChI=1S/C55H75N4O6.Zn/c1-13-39-34(7)41-29-46-48(38(11)60)36(9)43(57-46)27-42-35(8)40(52(58-42)50-51(55(63)64-12)54(62)49-37(10)44(59-53(49)50)28-45(39)56-41)23-24-47(61)65-26-25-33(6)22-16-21-32(5)20-15-19-31(4)18-14-17-30(2)3;/h25,27-32,34-35,39-40,51H,13-24,26H2,1-12H3,(H-,56,57,58,59,60,62);/q-1;+2/p-1/b33-25+;/t31-,32-,34-,35+,39-,40+,51-;/m1./s1. The number of aromatic nitrogens is 4. The zero-order valence-corrected chi connectivity index (χ0v) is 45.0. The van der Waals surface area contributed by atoms with Crippen molar-refractivity contribution in [1.29, 1.82) is 0 Å². The molecule has 3 aliphatic rings. The number of methoxy groups -OCH3 is 1. The van der Waals surface area contributed by atoms with Crippen molar-refractivity contribution in [1.82, 2.24) is 19.9 Å². The van der Waals surface area contributed by atoms with Gasteiger partial charge in [-0.25, -0.2) is 0 Å². The number of nitrogens with zero attached hydrogens (tertiary/aromatic N) is 4. The number of rotatable bonds is 20. The number of ketones is 2. The summed E-state index contributed by atoms with van der Waals surface area (Å²) in [4.78, 5) is 75.0. The van der Waals surface area contributed by atoms with E-state index in [0.29, 0.717) is 68.0 Å². The summed E-state index contributed by atoms with van der Waals surface area (Å²) in [6, 6.07) is 5.79. The first-order valence-corrected chi connectivity index (χ1v) is 24.6. The maximum absolute atomic E-state index is 14.4. The van der Waals surface area contributed by atoms with Gasteiger partial charge in [0.2, 0.25) is 0 Å². The van der Waals surface area contributed by atoms with Gasteiger partial charge in [0.25, 0.3) is 0 Å². The molecule has 0 saturated heterocycles.